The summed E-state index contributed by atoms with van der Waals surface area (Å²) >= 11 is 0. The van der Waals surface area contributed by atoms with Gasteiger partial charge in [-0.2, -0.15) is 13.2 Å². The number of hydrogen-bond acceptors (Lipinski definition) is 3. The predicted octanol–water partition coefficient (Wildman–Crippen LogP) is 2.14. The van der Waals surface area contributed by atoms with Crippen molar-refractivity contribution in [3.8, 4) is 11.5 Å². The summed E-state index contributed by atoms with van der Waals surface area (Å²) in [7, 11) is 2.80. The smallest absolute Gasteiger partial charge is 0.403 e. The predicted molar refractivity (Wildman–Crippen MR) is 57.3 cm³/mol. The van der Waals surface area contributed by atoms with Gasteiger partial charge in [0.2, 0.25) is 0 Å². The third kappa shape index (κ3) is 3.26. The number of hydrogen-bond donors (Lipinski definition) is 1. The maximum atomic E-state index is 12.4. The molecule has 2 N–H and O–H groups in total. The molecular formula is C11H14F3NO2. The topological polar surface area (TPSA) is 44.5 Å². The zero-order valence-corrected chi connectivity index (χ0v) is 9.54. The minimum Gasteiger partial charge on any atom is -0.493 e. The van der Waals surface area contributed by atoms with Gasteiger partial charge in [-0.05, 0) is 11.6 Å². The molecule has 1 atom stereocenters. The van der Waals surface area contributed by atoms with Crippen molar-refractivity contribution >= 4 is 0 Å². The Morgan fingerprint density at radius 2 is 1.88 bits per heavy atom. The number of para-hydroxylation sites is 1. The molecular weight excluding hydrogens is 235 g/mol. The highest BCUT2D eigenvalue weighted by Gasteiger charge is 2.37. The molecule has 0 aliphatic heterocycles. The van der Waals surface area contributed by atoms with E-state index in [-0.39, 0.29) is 12.2 Å². The van der Waals surface area contributed by atoms with Crippen molar-refractivity contribution in [2.75, 3.05) is 14.2 Å². The highest BCUT2D eigenvalue weighted by Crippen LogP contribution is 2.33. The van der Waals surface area contributed by atoms with Gasteiger partial charge in [0.25, 0.3) is 0 Å². The molecule has 6 heteroatoms. The third-order valence-corrected chi connectivity index (χ3v) is 2.34. The summed E-state index contributed by atoms with van der Waals surface area (Å²) in [6.07, 6.45) is -4.77. The average molecular weight is 249 g/mol. The van der Waals surface area contributed by atoms with Crippen LogP contribution in [0.1, 0.15) is 5.56 Å². The summed E-state index contributed by atoms with van der Waals surface area (Å²) in [6, 6.07) is 2.83. The first kappa shape index (κ1) is 13.6. The quantitative estimate of drug-likeness (QED) is 0.889. The molecule has 0 bridgehead atoms. The van der Waals surface area contributed by atoms with Crippen molar-refractivity contribution in [2.45, 2.75) is 18.6 Å². The highest BCUT2D eigenvalue weighted by atomic mass is 19.4. The van der Waals surface area contributed by atoms with Crippen LogP contribution in [0.4, 0.5) is 13.2 Å². The molecule has 3 nitrogen and oxygen atoms in total. The van der Waals surface area contributed by atoms with E-state index in [4.69, 9.17) is 15.2 Å². The van der Waals surface area contributed by atoms with Gasteiger partial charge >= 0.3 is 6.18 Å². The van der Waals surface area contributed by atoms with Crippen molar-refractivity contribution < 1.29 is 22.6 Å². The molecule has 96 valence electrons. The molecule has 1 aromatic rings. The summed E-state index contributed by atoms with van der Waals surface area (Å²) in [5.74, 6) is 0.675. The fourth-order valence-electron chi connectivity index (χ4n) is 1.47. The van der Waals surface area contributed by atoms with Gasteiger partial charge in [-0.25, -0.2) is 0 Å². The molecule has 0 aliphatic carbocycles. The zero-order valence-electron chi connectivity index (χ0n) is 9.54. The molecule has 17 heavy (non-hydrogen) atoms. The van der Waals surface area contributed by atoms with Gasteiger partial charge in [-0.3, -0.25) is 0 Å². The molecule has 0 aromatic heterocycles. The van der Waals surface area contributed by atoms with E-state index < -0.39 is 12.2 Å². The summed E-state index contributed by atoms with van der Waals surface area (Å²) in [5, 5.41) is 0. The number of rotatable bonds is 4. The number of alkyl halides is 3. The molecule has 0 heterocycles. The van der Waals surface area contributed by atoms with Gasteiger partial charge in [0.15, 0.2) is 11.5 Å². The van der Waals surface area contributed by atoms with E-state index in [1.807, 2.05) is 0 Å². The number of nitrogens with two attached hydrogens (primary N) is 1. The zero-order chi connectivity index (χ0) is 13.1. The second kappa shape index (κ2) is 5.27. The van der Waals surface area contributed by atoms with Gasteiger partial charge < -0.3 is 15.2 Å². The molecule has 0 fully saturated rings. The lowest BCUT2D eigenvalue weighted by atomic mass is 10.0. The Labute approximate surface area is 97.3 Å². The van der Waals surface area contributed by atoms with E-state index >= 15 is 0 Å². The Hall–Kier alpha value is -1.43. The van der Waals surface area contributed by atoms with Crippen molar-refractivity contribution in [3.63, 3.8) is 0 Å². The van der Waals surface area contributed by atoms with Crippen LogP contribution in [-0.4, -0.2) is 26.4 Å². The Kier molecular flexibility index (Phi) is 4.22. The monoisotopic (exact) mass is 249 g/mol. The lowest BCUT2D eigenvalue weighted by Crippen LogP contribution is -2.39. The van der Waals surface area contributed by atoms with Crippen LogP contribution in [0.15, 0.2) is 18.2 Å². The summed E-state index contributed by atoms with van der Waals surface area (Å²) in [6.45, 7) is 0. The average Bonchev–Trinajstić information content (AvgIpc) is 2.27. The maximum absolute atomic E-state index is 12.4. The first-order valence-electron chi connectivity index (χ1n) is 4.92. The SMILES string of the molecule is COc1cccc(CC(N)C(F)(F)F)c1OC. The highest BCUT2D eigenvalue weighted by molar-refractivity contribution is 5.46. The Bertz CT molecular complexity index is 379. The molecule has 0 saturated heterocycles. The van der Waals surface area contributed by atoms with Crippen LogP contribution < -0.4 is 15.2 Å². The van der Waals surface area contributed by atoms with Crippen LogP contribution >= 0.6 is 0 Å². The number of ether oxygens (including phenoxy) is 2. The van der Waals surface area contributed by atoms with E-state index in [1.165, 1.54) is 20.3 Å². The van der Waals surface area contributed by atoms with Crippen molar-refractivity contribution in [1.29, 1.82) is 0 Å². The molecule has 0 amide bonds. The van der Waals surface area contributed by atoms with Gasteiger partial charge in [0, 0.05) is 6.42 Å². The lowest BCUT2D eigenvalue weighted by Gasteiger charge is -2.18. The number of halogens is 3. The Morgan fingerprint density at radius 3 is 2.35 bits per heavy atom. The fourth-order valence-corrected chi connectivity index (χ4v) is 1.47. The van der Waals surface area contributed by atoms with Gasteiger partial charge in [-0.15, -0.1) is 0 Å². The molecule has 1 aromatic carbocycles. The van der Waals surface area contributed by atoms with Crippen molar-refractivity contribution in [3.05, 3.63) is 23.8 Å². The second-order valence-electron chi connectivity index (χ2n) is 3.50. The Balaban J connectivity index is 2.98. The second-order valence-corrected chi connectivity index (χ2v) is 3.50. The van der Waals surface area contributed by atoms with Crippen molar-refractivity contribution in [2.24, 2.45) is 5.73 Å². The summed E-state index contributed by atoms with van der Waals surface area (Å²) in [4.78, 5) is 0. The number of benzene rings is 1. The Morgan fingerprint density at radius 1 is 1.24 bits per heavy atom. The first-order valence-corrected chi connectivity index (χ1v) is 4.92. The molecule has 1 unspecified atom stereocenters. The molecule has 0 spiro atoms. The van der Waals surface area contributed by atoms with E-state index in [1.54, 1.807) is 12.1 Å². The van der Waals surface area contributed by atoms with Gasteiger partial charge in [0.05, 0.1) is 14.2 Å². The largest absolute Gasteiger partial charge is 0.493 e. The maximum Gasteiger partial charge on any atom is 0.403 e. The van der Waals surface area contributed by atoms with Gasteiger partial charge in [-0.1, -0.05) is 12.1 Å². The van der Waals surface area contributed by atoms with E-state index in [9.17, 15) is 13.2 Å². The molecule has 0 aliphatic rings. The third-order valence-electron chi connectivity index (χ3n) is 2.34. The molecule has 0 radical (unpaired) electrons. The van der Waals surface area contributed by atoms with Gasteiger partial charge in [0.1, 0.15) is 6.04 Å². The minimum atomic E-state index is -4.42. The standard InChI is InChI=1S/C11H14F3NO2/c1-16-8-5-3-4-7(10(8)17-2)6-9(15)11(12,13)14/h3-5,9H,6,15H2,1-2H3. The van der Waals surface area contributed by atoms with E-state index in [0.717, 1.165) is 0 Å². The summed E-state index contributed by atoms with van der Waals surface area (Å²) < 4.78 is 47.1. The normalized spacial score (nSPS) is 13.3. The fraction of sp³-hybridized carbons (Fsp3) is 0.455. The first-order chi connectivity index (χ1) is 7.90. The van der Waals surface area contributed by atoms with Crippen LogP contribution in [0.3, 0.4) is 0 Å². The lowest BCUT2D eigenvalue weighted by molar-refractivity contribution is -0.147. The van der Waals surface area contributed by atoms with Crippen LogP contribution in [0.5, 0.6) is 11.5 Å². The van der Waals surface area contributed by atoms with Crippen molar-refractivity contribution in [1.82, 2.24) is 0 Å². The molecule has 0 saturated carbocycles. The number of methoxy groups -OCH3 is 2. The van der Waals surface area contributed by atoms with Crippen LogP contribution in [0.2, 0.25) is 0 Å². The van der Waals surface area contributed by atoms with E-state index in [0.29, 0.717) is 11.3 Å². The molecule has 1 rings (SSSR count). The summed E-state index contributed by atoms with van der Waals surface area (Å²) in [5.41, 5.74) is 5.45. The van der Waals surface area contributed by atoms with Crippen LogP contribution in [-0.2, 0) is 6.42 Å². The van der Waals surface area contributed by atoms with Crippen LogP contribution in [0, 0.1) is 0 Å². The van der Waals surface area contributed by atoms with Crippen LogP contribution in [0.25, 0.3) is 0 Å². The van der Waals surface area contributed by atoms with E-state index in [2.05, 4.69) is 0 Å². The minimum absolute atomic E-state index is 0.287.